The zero-order valence-corrected chi connectivity index (χ0v) is 22.6. The van der Waals surface area contributed by atoms with Gasteiger partial charge in [0.25, 0.3) is 11.7 Å². The Kier molecular flexibility index (Phi) is 8.20. The molecule has 1 atom stereocenters. The number of nitrogens with zero attached hydrogens (tertiary/aromatic N) is 1. The van der Waals surface area contributed by atoms with Crippen molar-refractivity contribution in [3.05, 3.63) is 95.1 Å². The summed E-state index contributed by atoms with van der Waals surface area (Å²) in [5.74, 6) is 0.0526. The van der Waals surface area contributed by atoms with Crippen LogP contribution in [0.3, 0.4) is 0 Å². The third-order valence-electron chi connectivity index (χ3n) is 6.45. The van der Waals surface area contributed by atoms with E-state index in [4.69, 9.17) is 9.47 Å². The highest BCUT2D eigenvalue weighted by atomic mass is 16.5. The van der Waals surface area contributed by atoms with Gasteiger partial charge in [-0.25, -0.2) is 0 Å². The first-order chi connectivity index (χ1) is 18.2. The maximum absolute atomic E-state index is 13.4. The normalized spacial score (nSPS) is 16.9. The minimum atomic E-state index is -0.802. The number of Topliss-reactive ketones (excluding diaryl/α,β-unsaturated/α-hetero) is 1. The number of aliphatic hydroxyl groups is 1. The Morgan fingerprint density at radius 2 is 1.47 bits per heavy atom. The lowest BCUT2D eigenvalue weighted by Crippen LogP contribution is -2.29. The van der Waals surface area contributed by atoms with Crippen molar-refractivity contribution in [3.8, 4) is 11.5 Å². The summed E-state index contributed by atoms with van der Waals surface area (Å²) < 4.78 is 11.4. The molecule has 3 aromatic carbocycles. The van der Waals surface area contributed by atoms with Gasteiger partial charge in [0.2, 0.25) is 0 Å². The predicted octanol–water partition coefficient (Wildman–Crippen LogP) is 7.01. The Balaban J connectivity index is 1.81. The fourth-order valence-electron chi connectivity index (χ4n) is 4.52. The number of aliphatic hydroxyl groups excluding tert-OH is 1. The number of amides is 1. The van der Waals surface area contributed by atoms with Crippen LogP contribution in [0.5, 0.6) is 11.5 Å². The van der Waals surface area contributed by atoms with Crippen LogP contribution in [0.15, 0.2) is 78.4 Å². The molecule has 1 unspecified atom stereocenters. The second kappa shape index (κ2) is 11.5. The molecule has 0 radical (unpaired) electrons. The highest BCUT2D eigenvalue weighted by Gasteiger charge is 2.47. The lowest BCUT2D eigenvalue weighted by molar-refractivity contribution is -0.132. The van der Waals surface area contributed by atoms with Crippen LogP contribution in [0.4, 0.5) is 5.69 Å². The maximum atomic E-state index is 13.4. The van der Waals surface area contributed by atoms with Crippen LogP contribution >= 0.6 is 0 Å². The number of carbonyl (C=O) groups is 2. The standard InChI is InChI=1S/C32H35NO5/c1-6-19-37-26-15-11-24(12-16-26)30(34)28-29(23-9-17-27(18-10-23)38-21(4)5)33(32(36)31(28)35)25-13-7-22(8-14-25)20(2)3/h7-18,20-21,29,34H,6,19H2,1-5H3/b30-28+. The fraction of sp³-hybridized carbons (Fsp3) is 0.312. The van der Waals surface area contributed by atoms with E-state index in [-0.39, 0.29) is 17.4 Å². The largest absolute Gasteiger partial charge is 0.507 e. The summed E-state index contributed by atoms with van der Waals surface area (Å²) in [6.45, 7) is 10.7. The Morgan fingerprint density at radius 3 is 2.03 bits per heavy atom. The van der Waals surface area contributed by atoms with Gasteiger partial charge in [0.05, 0.1) is 24.3 Å². The molecule has 1 aliphatic rings. The highest BCUT2D eigenvalue weighted by Crippen LogP contribution is 2.43. The molecule has 0 bridgehead atoms. The van der Waals surface area contributed by atoms with E-state index in [1.165, 1.54) is 4.90 Å². The van der Waals surface area contributed by atoms with E-state index in [1.54, 1.807) is 24.3 Å². The molecule has 1 aliphatic heterocycles. The van der Waals surface area contributed by atoms with Crippen LogP contribution < -0.4 is 14.4 Å². The maximum Gasteiger partial charge on any atom is 0.300 e. The van der Waals surface area contributed by atoms with E-state index >= 15 is 0 Å². The summed E-state index contributed by atoms with van der Waals surface area (Å²) in [7, 11) is 0. The van der Waals surface area contributed by atoms with E-state index in [1.807, 2.05) is 69.3 Å². The molecule has 1 N–H and O–H groups in total. The van der Waals surface area contributed by atoms with Crippen LogP contribution in [-0.2, 0) is 9.59 Å². The van der Waals surface area contributed by atoms with E-state index < -0.39 is 17.7 Å². The van der Waals surface area contributed by atoms with Gasteiger partial charge in [-0.1, -0.05) is 45.0 Å². The van der Waals surface area contributed by atoms with Crippen molar-refractivity contribution in [1.29, 1.82) is 0 Å². The summed E-state index contributed by atoms with van der Waals surface area (Å²) in [4.78, 5) is 28.3. The van der Waals surface area contributed by atoms with Crippen LogP contribution in [0, 0.1) is 0 Å². The van der Waals surface area contributed by atoms with Crippen molar-refractivity contribution in [2.75, 3.05) is 11.5 Å². The molecule has 1 amide bonds. The average Bonchev–Trinajstić information content (AvgIpc) is 3.17. The number of rotatable bonds is 9. The molecule has 0 saturated carbocycles. The van der Waals surface area contributed by atoms with Gasteiger partial charge >= 0.3 is 0 Å². The van der Waals surface area contributed by atoms with Crippen molar-refractivity contribution in [3.63, 3.8) is 0 Å². The highest BCUT2D eigenvalue weighted by molar-refractivity contribution is 6.51. The first-order valence-corrected chi connectivity index (χ1v) is 13.1. The van der Waals surface area contributed by atoms with E-state index in [9.17, 15) is 14.7 Å². The number of ketones is 1. The number of benzene rings is 3. The monoisotopic (exact) mass is 513 g/mol. The summed E-state index contributed by atoms with van der Waals surface area (Å²) in [6, 6.07) is 21.0. The smallest absolute Gasteiger partial charge is 0.300 e. The molecule has 3 aromatic rings. The molecule has 38 heavy (non-hydrogen) atoms. The molecular weight excluding hydrogens is 478 g/mol. The lowest BCUT2D eigenvalue weighted by atomic mass is 9.95. The zero-order chi connectivity index (χ0) is 27.4. The Hall–Kier alpha value is -4.06. The first kappa shape index (κ1) is 27.0. The first-order valence-electron chi connectivity index (χ1n) is 13.1. The van der Waals surface area contributed by atoms with Gasteiger partial charge in [0.15, 0.2) is 0 Å². The molecule has 4 rings (SSSR count). The topological polar surface area (TPSA) is 76.1 Å². The number of hydrogen-bond donors (Lipinski definition) is 1. The number of ether oxygens (including phenoxy) is 2. The third kappa shape index (κ3) is 5.59. The van der Waals surface area contributed by atoms with Crippen molar-refractivity contribution < 1.29 is 24.2 Å². The van der Waals surface area contributed by atoms with Gasteiger partial charge in [-0.15, -0.1) is 0 Å². The zero-order valence-electron chi connectivity index (χ0n) is 22.6. The number of hydrogen-bond acceptors (Lipinski definition) is 5. The van der Waals surface area contributed by atoms with Gasteiger partial charge in [-0.05, 0) is 85.8 Å². The van der Waals surface area contributed by atoms with Gasteiger partial charge in [0.1, 0.15) is 17.3 Å². The van der Waals surface area contributed by atoms with Crippen molar-refractivity contribution in [2.24, 2.45) is 0 Å². The molecule has 6 heteroatoms. The molecule has 0 spiro atoms. The summed E-state index contributed by atoms with van der Waals surface area (Å²) in [5.41, 5.74) is 2.89. The van der Waals surface area contributed by atoms with Gasteiger partial charge in [0, 0.05) is 11.3 Å². The van der Waals surface area contributed by atoms with Crippen molar-refractivity contribution in [1.82, 2.24) is 0 Å². The minimum absolute atomic E-state index is 0.00948. The molecule has 0 aliphatic carbocycles. The predicted molar refractivity (Wildman–Crippen MR) is 150 cm³/mol. The van der Waals surface area contributed by atoms with Gasteiger partial charge in [-0.2, -0.15) is 0 Å². The van der Waals surface area contributed by atoms with E-state index in [0.29, 0.717) is 40.8 Å². The summed E-state index contributed by atoms with van der Waals surface area (Å²) in [6.07, 6.45) is 0.889. The molecule has 6 nitrogen and oxygen atoms in total. The summed E-state index contributed by atoms with van der Waals surface area (Å²) >= 11 is 0. The fourth-order valence-corrected chi connectivity index (χ4v) is 4.52. The molecule has 1 saturated heterocycles. The summed E-state index contributed by atoms with van der Waals surface area (Å²) in [5, 5.41) is 11.4. The molecule has 198 valence electrons. The lowest BCUT2D eigenvalue weighted by Gasteiger charge is -2.26. The third-order valence-corrected chi connectivity index (χ3v) is 6.45. The Morgan fingerprint density at radius 1 is 0.868 bits per heavy atom. The van der Waals surface area contributed by atoms with Crippen LogP contribution in [0.25, 0.3) is 5.76 Å². The van der Waals surface area contributed by atoms with Crippen LogP contribution in [0.1, 0.15) is 69.7 Å². The molecule has 1 heterocycles. The van der Waals surface area contributed by atoms with Gasteiger partial charge < -0.3 is 14.6 Å². The second-order valence-corrected chi connectivity index (χ2v) is 10.0. The number of anilines is 1. The van der Waals surface area contributed by atoms with Crippen LogP contribution in [-0.4, -0.2) is 29.5 Å². The van der Waals surface area contributed by atoms with E-state index in [2.05, 4.69) is 13.8 Å². The Labute approximate surface area is 224 Å². The van der Waals surface area contributed by atoms with Crippen molar-refractivity contribution in [2.45, 2.75) is 59.1 Å². The molecule has 0 aromatic heterocycles. The van der Waals surface area contributed by atoms with Crippen LogP contribution in [0.2, 0.25) is 0 Å². The quantitative estimate of drug-likeness (QED) is 0.189. The SMILES string of the molecule is CCCOc1ccc(/C(O)=C2\C(=O)C(=O)N(c3ccc(C(C)C)cc3)C2c2ccc(OC(C)C)cc2)cc1. The minimum Gasteiger partial charge on any atom is -0.507 e. The molecular formula is C32H35NO5. The van der Waals surface area contributed by atoms with Gasteiger partial charge in [-0.3, -0.25) is 14.5 Å². The number of carbonyl (C=O) groups excluding carboxylic acids is 2. The average molecular weight is 514 g/mol. The second-order valence-electron chi connectivity index (χ2n) is 10.0. The molecule has 1 fully saturated rings. The Bertz CT molecular complexity index is 1310. The van der Waals surface area contributed by atoms with E-state index in [0.717, 1.165) is 12.0 Å². The van der Waals surface area contributed by atoms with Crippen molar-refractivity contribution >= 4 is 23.1 Å².